The van der Waals surface area contributed by atoms with Crippen LogP contribution in [0.25, 0.3) is 0 Å². The van der Waals surface area contributed by atoms with Crippen molar-refractivity contribution in [3.05, 3.63) is 0 Å². The minimum atomic E-state index is 0. The Balaban J connectivity index is 0.00000242. The van der Waals surface area contributed by atoms with E-state index >= 15 is 0 Å². The molecule has 0 aromatic heterocycles. The molecule has 2 rings (SSSR count). The van der Waals surface area contributed by atoms with Gasteiger partial charge < -0.3 is 15.5 Å². The van der Waals surface area contributed by atoms with Crippen LogP contribution in [0.3, 0.4) is 0 Å². The average molecular weight is 440 g/mol. The summed E-state index contributed by atoms with van der Waals surface area (Å²) in [7, 11) is 4.12. The molecule has 0 aromatic carbocycles. The average Bonchev–Trinajstić information content (AvgIpc) is 3.14. The molecule has 0 aromatic rings. The van der Waals surface area contributed by atoms with Gasteiger partial charge in [0.2, 0.25) is 0 Å². The number of rotatable bonds is 6. The zero-order valence-corrected chi connectivity index (χ0v) is 17.5. The Morgan fingerprint density at radius 2 is 2.00 bits per heavy atom. The Kier molecular flexibility index (Phi) is 9.47. The molecule has 1 aliphatic carbocycles. The van der Waals surface area contributed by atoms with Crippen LogP contribution in [0, 0.1) is 0 Å². The van der Waals surface area contributed by atoms with Gasteiger partial charge in [-0.2, -0.15) is 11.8 Å². The minimum Gasteiger partial charge on any atom is -0.355 e. The van der Waals surface area contributed by atoms with Gasteiger partial charge in [-0.15, -0.1) is 24.0 Å². The zero-order chi connectivity index (χ0) is 15.1. The highest BCUT2D eigenvalue weighted by atomic mass is 127. The molecule has 1 unspecified atom stereocenters. The molecule has 0 amide bonds. The van der Waals surface area contributed by atoms with Crippen LogP contribution in [-0.4, -0.2) is 61.1 Å². The number of thioether (sulfide) groups is 1. The lowest BCUT2D eigenvalue weighted by Gasteiger charge is -2.26. The number of aliphatic imine (C=N–C) groups is 1. The molecule has 4 nitrogen and oxygen atoms in total. The Morgan fingerprint density at radius 3 is 2.59 bits per heavy atom. The number of nitrogens with one attached hydrogen (secondary N) is 2. The summed E-state index contributed by atoms with van der Waals surface area (Å²) in [5.41, 5.74) is 0. The zero-order valence-electron chi connectivity index (χ0n) is 14.4. The van der Waals surface area contributed by atoms with Crippen molar-refractivity contribution in [2.24, 2.45) is 4.99 Å². The molecule has 6 heteroatoms. The molecule has 1 atom stereocenters. The van der Waals surface area contributed by atoms with E-state index in [0.29, 0.717) is 4.75 Å². The maximum Gasteiger partial charge on any atom is 0.191 e. The highest BCUT2D eigenvalue weighted by molar-refractivity contribution is 14.0. The Labute approximate surface area is 157 Å². The van der Waals surface area contributed by atoms with E-state index in [-0.39, 0.29) is 24.0 Å². The van der Waals surface area contributed by atoms with Gasteiger partial charge in [-0.05, 0) is 45.4 Å². The quantitative estimate of drug-likeness (QED) is 0.379. The first kappa shape index (κ1) is 20.4. The first-order chi connectivity index (χ1) is 10.1. The van der Waals surface area contributed by atoms with E-state index in [1.165, 1.54) is 44.3 Å². The van der Waals surface area contributed by atoms with Gasteiger partial charge in [0.15, 0.2) is 5.96 Å². The summed E-state index contributed by atoms with van der Waals surface area (Å²) in [6, 6.07) is 0.801. The summed E-state index contributed by atoms with van der Waals surface area (Å²) in [6.07, 6.45) is 8.22. The summed E-state index contributed by atoms with van der Waals surface area (Å²) < 4.78 is 0.387. The van der Waals surface area contributed by atoms with Gasteiger partial charge in [0.05, 0.1) is 0 Å². The van der Waals surface area contributed by atoms with Crippen LogP contribution < -0.4 is 10.6 Å². The fourth-order valence-electron chi connectivity index (χ4n) is 3.35. The predicted octanol–water partition coefficient (Wildman–Crippen LogP) is 2.93. The SMILES string of the molecule is CN=C(NCCN(C)C1CCCC1)NCC1(C)CCCS1.I. The second-order valence-electron chi connectivity index (χ2n) is 6.67. The molecule has 0 spiro atoms. The van der Waals surface area contributed by atoms with E-state index in [2.05, 4.69) is 46.3 Å². The van der Waals surface area contributed by atoms with Crippen LogP contribution in [-0.2, 0) is 0 Å². The van der Waals surface area contributed by atoms with Crippen LogP contribution in [0.15, 0.2) is 4.99 Å². The standard InChI is InChI=1S/C16H32N4S.HI/c1-16(9-6-12-21-16)13-19-15(17-2)18-10-11-20(3)14-7-4-5-8-14;/h14H,4-13H2,1-3H3,(H2,17,18,19);1H. The fraction of sp³-hybridized carbons (Fsp3) is 0.938. The van der Waals surface area contributed by atoms with Crippen molar-refractivity contribution >= 4 is 41.7 Å². The van der Waals surface area contributed by atoms with E-state index in [4.69, 9.17) is 0 Å². The lowest BCUT2D eigenvalue weighted by atomic mass is 10.1. The normalized spacial score (nSPS) is 26.3. The van der Waals surface area contributed by atoms with E-state index in [9.17, 15) is 0 Å². The number of likely N-dealkylation sites (N-methyl/N-ethyl adjacent to an activating group) is 1. The topological polar surface area (TPSA) is 39.7 Å². The number of hydrogen-bond acceptors (Lipinski definition) is 3. The monoisotopic (exact) mass is 440 g/mol. The molecule has 0 radical (unpaired) electrons. The van der Waals surface area contributed by atoms with Crippen LogP contribution in [0.5, 0.6) is 0 Å². The fourth-order valence-corrected chi connectivity index (χ4v) is 4.59. The van der Waals surface area contributed by atoms with Crippen molar-refractivity contribution in [1.29, 1.82) is 0 Å². The van der Waals surface area contributed by atoms with E-state index in [1.54, 1.807) is 0 Å². The molecule has 1 aliphatic heterocycles. The number of guanidine groups is 1. The molecule has 1 saturated heterocycles. The van der Waals surface area contributed by atoms with Crippen molar-refractivity contribution in [1.82, 2.24) is 15.5 Å². The van der Waals surface area contributed by atoms with Crippen LogP contribution >= 0.6 is 35.7 Å². The summed E-state index contributed by atoms with van der Waals surface area (Å²) >= 11 is 2.09. The van der Waals surface area contributed by atoms with Gasteiger partial charge in [0.1, 0.15) is 0 Å². The molecule has 1 heterocycles. The Bertz CT molecular complexity index is 339. The minimum absolute atomic E-state index is 0. The molecule has 2 fully saturated rings. The second kappa shape index (κ2) is 10.2. The summed E-state index contributed by atoms with van der Waals surface area (Å²) in [5, 5.41) is 6.95. The highest BCUT2D eigenvalue weighted by Crippen LogP contribution is 2.36. The van der Waals surface area contributed by atoms with E-state index in [1.807, 2.05) is 7.05 Å². The summed E-state index contributed by atoms with van der Waals surface area (Å²) in [5.74, 6) is 2.25. The molecule has 22 heavy (non-hydrogen) atoms. The number of nitrogens with zero attached hydrogens (tertiary/aromatic N) is 2. The number of hydrogen-bond donors (Lipinski definition) is 2. The van der Waals surface area contributed by atoms with E-state index in [0.717, 1.165) is 31.6 Å². The smallest absolute Gasteiger partial charge is 0.191 e. The van der Waals surface area contributed by atoms with Gasteiger partial charge in [-0.25, -0.2) is 0 Å². The van der Waals surface area contributed by atoms with Crippen LogP contribution in [0.1, 0.15) is 45.4 Å². The third-order valence-electron chi connectivity index (χ3n) is 4.86. The van der Waals surface area contributed by atoms with Crippen molar-refractivity contribution in [3.8, 4) is 0 Å². The first-order valence-electron chi connectivity index (χ1n) is 8.42. The second-order valence-corrected chi connectivity index (χ2v) is 8.36. The lowest BCUT2D eigenvalue weighted by Crippen LogP contribution is -2.46. The van der Waals surface area contributed by atoms with Crippen molar-refractivity contribution in [2.45, 2.75) is 56.2 Å². The third kappa shape index (κ3) is 6.43. The van der Waals surface area contributed by atoms with Gasteiger partial charge in [0, 0.05) is 37.5 Å². The molecule has 130 valence electrons. The third-order valence-corrected chi connectivity index (χ3v) is 6.40. The maximum absolute atomic E-state index is 4.34. The van der Waals surface area contributed by atoms with Crippen LogP contribution in [0.2, 0.25) is 0 Å². The van der Waals surface area contributed by atoms with Gasteiger partial charge in [0.25, 0.3) is 0 Å². The largest absolute Gasteiger partial charge is 0.355 e. The van der Waals surface area contributed by atoms with Crippen LogP contribution in [0.4, 0.5) is 0 Å². The van der Waals surface area contributed by atoms with E-state index < -0.39 is 0 Å². The molecular weight excluding hydrogens is 407 g/mol. The van der Waals surface area contributed by atoms with Crippen molar-refractivity contribution in [3.63, 3.8) is 0 Å². The Hall–Kier alpha value is 0.310. The molecule has 1 saturated carbocycles. The van der Waals surface area contributed by atoms with Gasteiger partial charge in [-0.1, -0.05) is 12.8 Å². The molecule has 0 bridgehead atoms. The van der Waals surface area contributed by atoms with Gasteiger partial charge in [-0.3, -0.25) is 4.99 Å². The maximum atomic E-state index is 4.34. The van der Waals surface area contributed by atoms with Crippen molar-refractivity contribution < 1.29 is 0 Å². The van der Waals surface area contributed by atoms with Crippen molar-refractivity contribution in [2.75, 3.05) is 39.5 Å². The lowest BCUT2D eigenvalue weighted by molar-refractivity contribution is 0.249. The molecule has 2 N–H and O–H groups in total. The van der Waals surface area contributed by atoms with Gasteiger partial charge >= 0.3 is 0 Å². The Morgan fingerprint density at radius 1 is 1.27 bits per heavy atom. The summed E-state index contributed by atoms with van der Waals surface area (Å²) in [4.78, 5) is 6.84. The first-order valence-corrected chi connectivity index (χ1v) is 9.40. The highest BCUT2D eigenvalue weighted by Gasteiger charge is 2.29. The number of halogens is 1. The summed E-state index contributed by atoms with van der Waals surface area (Å²) in [6.45, 7) is 5.43. The molecular formula is C16H33IN4S. The predicted molar refractivity (Wildman–Crippen MR) is 110 cm³/mol. The molecule has 2 aliphatic rings.